The first kappa shape index (κ1) is 11.6. The number of nitrogens with one attached hydrogen (secondary N) is 1. The molecule has 0 aliphatic heterocycles. The van der Waals surface area contributed by atoms with Crippen LogP contribution >= 0.6 is 0 Å². The topological polar surface area (TPSA) is 38.0 Å². The van der Waals surface area contributed by atoms with E-state index < -0.39 is 0 Å². The van der Waals surface area contributed by atoms with Crippen molar-refractivity contribution in [1.29, 1.82) is 0 Å². The molecule has 1 saturated carbocycles. The summed E-state index contributed by atoms with van der Waals surface area (Å²) < 4.78 is 0. The van der Waals surface area contributed by atoms with E-state index in [-0.39, 0.29) is 5.54 Å². The number of benzene rings is 1. The third kappa shape index (κ3) is 2.45. The van der Waals surface area contributed by atoms with Gasteiger partial charge in [-0.2, -0.15) is 0 Å². The van der Waals surface area contributed by atoms with Crippen molar-refractivity contribution in [3.8, 4) is 0 Å². The van der Waals surface area contributed by atoms with Crippen molar-refractivity contribution in [1.82, 2.24) is 5.32 Å². The molecule has 0 bridgehead atoms. The second-order valence-electron chi connectivity index (χ2n) is 4.83. The Morgan fingerprint density at radius 3 is 2.50 bits per heavy atom. The van der Waals surface area contributed by atoms with Gasteiger partial charge in [-0.1, -0.05) is 37.3 Å². The minimum atomic E-state index is 0.176. The van der Waals surface area contributed by atoms with Gasteiger partial charge in [0.05, 0.1) is 0 Å². The highest BCUT2D eigenvalue weighted by Gasteiger charge is 2.42. The lowest BCUT2D eigenvalue weighted by molar-refractivity contribution is 0.277. The summed E-state index contributed by atoms with van der Waals surface area (Å²) in [5, 5.41) is 3.69. The molecule has 1 aliphatic rings. The van der Waals surface area contributed by atoms with Crippen molar-refractivity contribution < 1.29 is 0 Å². The summed E-state index contributed by atoms with van der Waals surface area (Å²) in [5.41, 5.74) is 7.48. The van der Waals surface area contributed by atoms with Crippen LogP contribution in [0.5, 0.6) is 0 Å². The summed E-state index contributed by atoms with van der Waals surface area (Å²) in [6, 6.07) is 10.6. The molecule has 0 spiro atoms. The Hall–Kier alpha value is -0.860. The first-order valence-electron chi connectivity index (χ1n) is 6.30. The van der Waals surface area contributed by atoms with Crippen LogP contribution in [0.25, 0.3) is 0 Å². The van der Waals surface area contributed by atoms with Crippen LogP contribution in [0.15, 0.2) is 30.3 Å². The molecule has 0 radical (unpaired) electrons. The molecule has 2 heteroatoms. The predicted molar refractivity (Wildman–Crippen MR) is 68.1 cm³/mol. The van der Waals surface area contributed by atoms with E-state index in [0.717, 1.165) is 25.4 Å². The zero-order valence-electron chi connectivity index (χ0n) is 10.1. The fourth-order valence-corrected chi connectivity index (χ4v) is 2.45. The van der Waals surface area contributed by atoms with Gasteiger partial charge in [-0.05, 0) is 30.7 Å². The smallest absolute Gasteiger partial charge is 0.0332 e. The molecule has 1 aliphatic carbocycles. The third-order valence-corrected chi connectivity index (χ3v) is 3.84. The summed E-state index contributed by atoms with van der Waals surface area (Å²) in [6.07, 6.45) is 3.81. The van der Waals surface area contributed by atoms with E-state index in [2.05, 4.69) is 42.6 Å². The van der Waals surface area contributed by atoms with E-state index in [9.17, 15) is 0 Å². The van der Waals surface area contributed by atoms with Gasteiger partial charge >= 0.3 is 0 Å². The van der Waals surface area contributed by atoms with E-state index in [4.69, 9.17) is 5.73 Å². The summed E-state index contributed by atoms with van der Waals surface area (Å²) in [5.74, 6) is 0.797. The minimum Gasteiger partial charge on any atom is -0.329 e. The van der Waals surface area contributed by atoms with Crippen LogP contribution in [0.1, 0.15) is 31.7 Å². The second kappa shape index (κ2) is 4.98. The molecule has 2 rings (SSSR count). The van der Waals surface area contributed by atoms with Crippen LogP contribution < -0.4 is 11.1 Å². The van der Waals surface area contributed by atoms with Crippen molar-refractivity contribution in [2.24, 2.45) is 11.7 Å². The van der Waals surface area contributed by atoms with Gasteiger partial charge in [-0.15, -0.1) is 0 Å². The van der Waals surface area contributed by atoms with Crippen LogP contribution in [0.4, 0.5) is 0 Å². The molecule has 1 fully saturated rings. The molecule has 88 valence electrons. The molecule has 2 nitrogen and oxygen atoms in total. The zero-order valence-corrected chi connectivity index (χ0v) is 10.1. The largest absolute Gasteiger partial charge is 0.329 e. The monoisotopic (exact) mass is 218 g/mol. The Morgan fingerprint density at radius 1 is 1.31 bits per heavy atom. The van der Waals surface area contributed by atoms with Crippen LogP contribution in [-0.4, -0.2) is 12.1 Å². The second-order valence-corrected chi connectivity index (χ2v) is 4.83. The quantitative estimate of drug-likeness (QED) is 0.769. The van der Waals surface area contributed by atoms with E-state index >= 15 is 0 Å². The van der Waals surface area contributed by atoms with Gasteiger partial charge < -0.3 is 11.1 Å². The SMILES string of the molecule is CCC(CN)(NCc1ccccc1)C1CC1. The Labute approximate surface area is 98.2 Å². The standard InChI is InChI=1S/C14H22N2/c1-2-14(11-15,13-8-9-13)16-10-12-6-4-3-5-7-12/h3-7,13,16H,2,8-11,15H2,1H3. The Morgan fingerprint density at radius 2 is 2.00 bits per heavy atom. The van der Waals surface area contributed by atoms with Crippen LogP contribution in [-0.2, 0) is 6.54 Å². The third-order valence-electron chi connectivity index (χ3n) is 3.84. The molecule has 1 atom stereocenters. The van der Waals surface area contributed by atoms with Crippen molar-refractivity contribution in [3.05, 3.63) is 35.9 Å². The molecule has 1 aromatic carbocycles. The number of hydrogen-bond donors (Lipinski definition) is 2. The Bertz CT molecular complexity index is 313. The Kier molecular flexibility index (Phi) is 3.62. The molecule has 16 heavy (non-hydrogen) atoms. The van der Waals surface area contributed by atoms with Crippen LogP contribution in [0.2, 0.25) is 0 Å². The Balaban J connectivity index is 1.96. The number of nitrogens with two attached hydrogens (primary N) is 1. The zero-order chi connectivity index (χ0) is 11.4. The van der Waals surface area contributed by atoms with Crippen molar-refractivity contribution >= 4 is 0 Å². The minimum absolute atomic E-state index is 0.176. The van der Waals surface area contributed by atoms with Gasteiger partial charge in [0.15, 0.2) is 0 Å². The molecule has 0 amide bonds. The van der Waals surface area contributed by atoms with Crippen molar-refractivity contribution in [3.63, 3.8) is 0 Å². The molecule has 1 aromatic rings. The maximum atomic E-state index is 5.96. The summed E-state index contributed by atoms with van der Waals surface area (Å²) in [7, 11) is 0. The maximum Gasteiger partial charge on any atom is 0.0332 e. The summed E-state index contributed by atoms with van der Waals surface area (Å²) in [4.78, 5) is 0. The number of hydrogen-bond acceptors (Lipinski definition) is 2. The highest BCUT2D eigenvalue weighted by Crippen LogP contribution is 2.41. The molecule has 3 N–H and O–H groups in total. The summed E-state index contributed by atoms with van der Waals surface area (Å²) in [6.45, 7) is 3.92. The lowest BCUT2D eigenvalue weighted by Crippen LogP contribution is -2.52. The average molecular weight is 218 g/mol. The first-order chi connectivity index (χ1) is 7.80. The van der Waals surface area contributed by atoms with Gasteiger partial charge in [0.2, 0.25) is 0 Å². The van der Waals surface area contributed by atoms with E-state index in [1.54, 1.807) is 0 Å². The number of rotatable bonds is 6. The van der Waals surface area contributed by atoms with Crippen LogP contribution in [0.3, 0.4) is 0 Å². The van der Waals surface area contributed by atoms with Crippen molar-refractivity contribution in [2.45, 2.75) is 38.3 Å². The highest BCUT2D eigenvalue weighted by atomic mass is 15.0. The molecular weight excluding hydrogens is 196 g/mol. The molecule has 0 heterocycles. The van der Waals surface area contributed by atoms with Crippen LogP contribution in [0, 0.1) is 5.92 Å². The van der Waals surface area contributed by atoms with E-state index in [1.807, 2.05) is 0 Å². The molecule has 1 unspecified atom stereocenters. The molecular formula is C14H22N2. The maximum absolute atomic E-state index is 5.96. The van der Waals surface area contributed by atoms with Gasteiger partial charge in [0, 0.05) is 18.6 Å². The molecule has 0 aromatic heterocycles. The normalized spacial score (nSPS) is 19.4. The van der Waals surface area contributed by atoms with E-state index in [1.165, 1.54) is 18.4 Å². The van der Waals surface area contributed by atoms with Gasteiger partial charge in [-0.25, -0.2) is 0 Å². The average Bonchev–Trinajstić information content (AvgIpc) is 3.17. The lowest BCUT2D eigenvalue weighted by atomic mass is 9.90. The van der Waals surface area contributed by atoms with E-state index in [0.29, 0.717) is 0 Å². The fourth-order valence-electron chi connectivity index (χ4n) is 2.45. The van der Waals surface area contributed by atoms with Crippen molar-refractivity contribution in [2.75, 3.05) is 6.54 Å². The fraction of sp³-hybridized carbons (Fsp3) is 0.571. The molecule has 0 saturated heterocycles. The summed E-state index contributed by atoms with van der Waals surface area (Å²) >= 11 is 0. The predicted octanol–water partition coefficient (Wildman–Crippen LogP) is 2.29. The highest BCUT2D eigenvalue weighted by molar-refractivity contribution is 5.15. The lowest BCUT2D eigenvalue weighted by Gasteiger charge is -2.33. The van der Waals surface area contributed by atoms with Gasteiger partial charge in [-0.3, -0.25) is 0 Å². The van der Waals surface area contributed by atoms with Gasteiger partial charge in [0.25, 0.3) is 0 Å². The first-order valence-corrected chi connectivity index (χ1v) is 6.30. The van der Waals surface area contributed by atoms with Gasteiger partial charge in [0.1, 0.15) is 0 Å².